The van der Waals surface area contributed by atoms with Crippen molar-refractivity contribution in [2.24, 2.45) is 0 Å². The maximum Gasteiger partial charge on any atom is 0.341 e. The standard InChI is InChI=1S/C15H13BrO3S/c1-2-19-15(18)13-9-12(7-8-14(13)17)20-11-5-3-10(16)4-6-11/h3-9,17H,2H2,1H3. The number of esters is 1. The summed E-state index contributed by atoms with van der Waals surface area (Å²) in [6.45, 7) is 2.01. The number of phenolic OH excluding ortho intramolecular Hbond substituents is 1. The molecule has 0 heterocycles. The van der Waals surface area contributed by atoms with E-state index in [1.165, 1.54) is 17.8 Å². The zero-order chi connectivity index (χ0) is 14.5. The van der Waals surface area contributed by atoms with Crippen LogP contribution in [0.3, 0.4) is 0 Å². The van der Waals surface area contributed by atoms with Crippen LogP contribution in [-0.2, 0) is 4.74 Å². The van der Waals surface area contributed by atoms with E-state index in [0.29, 0.717) is 0 Å². The first-order valence-electron chi connectivity index (χ1n) is 6.03. The highest BCUT2D eigenvalue weighted by atomic mass is 79.9. The number of hydrogen-bond donors (Lipinski definition) is 1. The third-order valence-corrected chi connectivity index (χ3v) is 4.04. The third kappa shape index (κ3) is 3.77. The molecule has 2 rings (SSSR count). The quantitative estimate of drug-likeness (QED) is 0.823. The molecule has 0 aliphatic carbocycles. The summed E-state index contributed by atoms with van der Waals surface area (Å²) in [5.41, 5.74) is 0.189. The Morgan fingerprint density at radius 1 is 1.20 bits per heavy atom. The Morgan fingerprint density at radius 2 is 1.85 bits per heavy atom. The Balaban J connectivity index is 2.22. The highest BCUT2D eigenvalue weighted by Gasteiger charge is 2.13. The average molecular weight is 353 g/mol. The summed E-state index contributed by atoms with van der Waals surface area (Å²) in [6, 6.07) is 12.8. The van der Waals surface area contributed by atoms with E-state index in [2.05, 4.69) is 15.9 Å². The van der Waals surface area contributed by atoms with Crippen LogP contribution >= 0.6 is 27.7 Å². The number of hydrogen-bond acceptors (Lipinski definition) is 4. The summed E-state index contributed by atoms with van der Waals surface area (Å²) in [5, 5.41) is 9.72. The predicted molar refractivity (Wildman–Crippen MR) is 82.3 cm³/mol. The largest absolute Gasteiger partial charge is 0.507 e. The van der Waals surface area contributed by atoms with Crippen LogP contribution in [0.1, 0.15) is 17.3 Å². The van der Waals surface area contributed by atoms with Gasteiger partial charge in [0.25, 0.3) is 0 Å². The van der Waals surface area contributed by atoms with Crippen molar-refractivity contribution in [2.75, 3.05) is 6.61 Å². The van der Waals surface area contributed by atoms with Gasteiger partial charge in [-0.2, -0.15) is 0 Å². The molecule has 2 aromatic rings. The van der Waals surface area contributed by atoms with Crippen LogP contribution in [0.2, 0.25) is 0 Å². The lowest BCUT2D eigenvalue weighted by Crippen LogP contribution is -2.04. The Labute approximate surface area is 130 Å². The van der Waals surface area contributed by atoms with Crippen LogP contribution in [0, 0.1) is 0 Å². The van der Waals surface area contributed by atoms with Gasteiger partial charge < -0.3 is 9.84 Å². The Hall–Kier alpha value is -1.46. The molecule has 2 aromatic carbocycles. The van der Waals surface area contributed by atoms with Crippen molar-refractivity contribution in [1.29, 1.82) is 0 Å². The molecule has 3 nitrogen and oxygen atoms in total. The molecule has 0 aliphatic heterocycles. The van der Waals surface area contributed by atoms with Crippen molar-refractivity contribution in [1.82, 2.24) is 0 Å². The van der Waals surface area contributed by atoms with Gasteiger partial charge in [-0.1, -0.05) is 27.7 Å². The van der Waals surface area contributed by atoms with E-state index in [0.717, 1.165) is 14.3 Å². The number of carbonyl (C=O) groups excluding carboxylic acids is 1. The highest BCUT2D eigenvalue weighted by molar-refractivity contribution is 9.10. The van der Waals surface area contributed by atoms with Gasteiger partial charge in [0.1, 0.15) is 11.3 Å². The molecule has 0 atom stereocenters. The van der Waals surface area contributed by atoms with Crippen LogP contribution in [-0.4, -0.2) is 17.7 Å². The molecule has 0 unspecified atom stereocenters. The fourth-order valence-electron chi connectivity index (χ4n) is 1.59. The first-order chi connectivity index (χ1) is 9.60. The van der Waals surface area contributed by atoms with Gasteiger partial charge in [0.15, 0.2) is 0 Å². The Morgan fingerprint density at radius 3 is 2.50 bits per heavy atom. The second-order valence-electron chi connectivity index (χ2n) is 3.96. The van der Waals surface area contributed by atoms with Gasteiger partial charge in [-0.05, 0) is 49.4 Å². The summed E-state index contributed by atoms with van der Waals surface area (Å²) in [5.74, 6) is -0.577. The molecule has 0 aliphatic rings. The second-order valence-corrected chi connectivity index (χ2v) is 6.02. The molecule has 0 aromatic heterocycles. The number of halogens is 1. The molecule has 0 saturated carbocycles. The second kappa shape index (κ2) is 6.81. The first-order valence-corrected chi connectivity index (χ1v) is 7.64. The molecule has 20 heavy (non-hydrogen) atoms. The lowest BCUT2D eigenvalue weighted by Gasteiger charge is -2.07. The zero-order valence-electron chi connectivity index (χ0n) is 10.8. The molecule has 1 N–H and O–H groups in total. The molecule has 0 amide bonds. The topological polar surface area (TPSA) is 46.5 Å². The minimum Gasteiger partial charge on any atom is -0.507 e. The molecule has 0 spiro atoms. The van der Waals surface area contributed by atoms with Crippen LogP contribution < -0.4 is 0 Å². The van der Waals surface area contributed by atoms with E-state index in [1.54, 1.807) is 19.1 Å². The van der Waals surface area contributed by atoms with E-state index >= 15 is 0 Å². The van der Waals surface area contributed by atoms with Gasteiger partial charge in [-0.15, -0.1) is 0 Å². The van der Waals surface area contributed by atoms with Gasteiger partial charge in [0, 0.05) is 14.3 Å². The fourth-order valence-corrected chi connectivity index (χ4v) is 2.71. The monoisotopic (exact) mass is 352 g/mol. The van der Waals surface area contributed by atoms with Crippen LogP contribution in [0.5, 0.6) is 5.75 Å². The smallest absolute Gasteiger partial charge is 0.341 e. The number of aromatic hydroxyl groups is 1. The van der Waals surface area contributed by atoms with E-state index < -0.39 is 5.97 Å². The van der Waals surface area contributed by atoms with Crippen molar-refractivity contribution >= 4 is 33.7 Å². The normalized spacial score (nSPS) is 10.3. The molecular weight excluding hydrogens is 340 g/mol. The third-order valence-electron chi connectivity index (χ3n) is 2.51. The minimum absolute atomic E-state index is 0.0661. The lowest BCUT2D eigenvalue weighted by molar-refractivity contribution is 0.0523. The van der Waals surface area contributed by atoms with Gasteiger partial charge >= 0.3 is 5.97 Å². The molecule has 5 heteroatoms. The van der Waals surface area contributed by atoms with Gasteiger partial charge in [-0.25, -0.2) is 4.79 Å². The lowest BCUT2D eigenvalue weighted by atomic mass is 10.2. The van der Waals surface area contributed by atoms with Crippen molar-refractivity contribution in [3.63, 3.8) is 0 Å². The van der Waals surface area contributed by atoms with E-state index in [-0.39, 0.29) is 17.9 Å². The first kappa shape index (κ1) is 14.9. The van der Waals surface area contributed by atoms with Gasteiger partial charge in [-0.3, -0.25) is 0 Å². The number of benzene rings is 2. The SMILES string of the molecule is CCOC(=O)c1cc(Sc2ccc(Br)cc2)ccc1O. The highest BCUT2D eigenvalue weighted by Crippen LogP contribution is 2.31. The summed E-state index contributed by atoms with van der Waals surface area (Å²) >= 11 is 4.90. The van der Waals surface area contributed by atoms with Crippen LogP contribution in [0.25, 0.3) is 0 Å². The van der Waals surface area contributed by atoms with Crippen molar-refractivity contribution in [3.8, 4) is 5.75 Å². The predicted octanol–water partition coefficient (Wildman–Crippen LogP) is 4.48. The number of carbonyl (C=O) groups is 1. The van der Waals surface area contributed by atoms with Crippen molar-refractivity contribution in [2.45, 2.75) is 16.7 Å². The van der Waals surface area contributed by atoms with Crippen molar-refractivity contribution in [3.05, 3.63) is 52.5 Å². The van der Waals surface area contributed by atoms with E-state index in [9.17, 15) is 9.90 Å². The molecule has 0 saturated heterocycles. The summed E-state index contributed by atoms with van der Waals surface area (Å²) < 4.78 is 5.93. The maximum absolute atomic E-state index is 11.7. The molecular formula is C15H13BrO3S. The Bertz CT molecular complexity index is 611. The summed E-state index contributed by atoms with van der Waals surface area (Å²) in [6.07, 6.45) is 0. The molecule has 0 radical (unpaired) electrons. The van der Waals surface area contributed by atoms with Crippen molar-refractivity contribution < 1.29 is 14.6 Å². The van der Waals surface area contributed by atoms with E-state index in [1.807, 2.05) is 24.3 Å². The van der Waals surface area contributed by atoms with Crippen LogP contribution in [0.15, 0.2) is 56.7 Å². The van der Waals surface area contributed by atoms with Crippen LogP contribution in [0.4, 0.5) is 0 Å². The maximum atomic E-state index is 11.7. The minimum atomic E-state index is -0.511. The average Bonchev–Trinajstić information content (AvgIpc) is 2.43. The van der Waals surface area contributed by atoms with Gasteiger partial charge in [0.05, 0.1) is 6.61 Å². The zero-order valence-corrected chi connectivity index (χ0v) is 13.2. The van der Waals surface area contributed by atoms with E-state index in [4.69, 9.17) is 4.74 Å². The Kier molecular flexibility index (Phi) is 5.09. The number of ether oxygens (including phenoxy) is 1. The van der Waals surface area contributed by atoms with Gasteiger partial charge in [0.2, 0.25) is 0 Å². The fraction of sp³-hybridized carbons (Fsp3) is 0.133. The summed E-state index contributed by atoms with van der Waals surface area (Å²) in [7, 11) is 0. The molecule has 104 valence electrons. The molecule has 0 fully saturated rings. The summed E-state index contributed by atoms with van der Waals surface area (Å²) in [4.78, 5) is 13.6. The number of rotatable bonds is 4. The number of phenols is 1. The molecule has 0 bridgehead atoms.